The van der Waals surface area contributed by atoms with Gasteiger partial charge in [-0.05, 0) is 5.56 Å². The van der Waals surface area contributed by atoms with Crippen molar-refractivity contribution in [3.63, 3.8) is 0 Å². The van der Waals surface area contributed by atoms with Gasteiger partial charge in [0.25, 0.3) is 0 Å². The highest BCUT2D eigenvalue weighted by Crippen LogP contribution is 2.01. The number of rotatable bonds is 6. The molecule has 2 aromatic rings. The number of ether oxygens (including phenoxy) is 1. The molecule has 20 heavy (non-hydrogen) atoms. The van der Waals surface area contributed by atoms with Gasteiger partial charge in [-0.3, -0.25) is 4.79 Å². The Hall–Kier alpha value is -2.70. The third-order valence-corrected chi connectivity index (χ3v) is 2.61. The summed E-state index contributed by atoms with van der Waals surface area (Å²) in [5.74, 6) is -1.74. The molecule has 7 heteroatoms. The van der Waals surface area contributed by atoms with Crippen LogP contribution in [-0.2, 0) is 22.5 Å². The van der Waals surface area contributed by atoms with E-state index >= 15 is 0 Å². The summed E-state index contributed by atoms with van der Waals surface area (Å²) in [7, 11) is 0. The number of benzene rings is 1. The van der Waals surface area contributed by atoms with Crippen LogP contribution < -0.4 is 0 Å². The Morgan fingerprint density at radius 2 is 2.00 bits per heavy atom. The average molecular weight is 275 g/mol. The van der Waals surface area contributed by atoms with Gasteiger partial charge >= 0.3 is 11.9 Å². The van der Waals surface area contributed by atoms with Crippen LogP contribution in [0.2, 0.25) is 0 Å². The second-order valence-electron chi connectivity index (χ2n) is 4.04. The van der Waals surface area contributed by atoms with E-state index in [2.05, 4.69) is 10.3 Å². The predicted octanol–water partition coefficient (Wildman–Crippen LogP) is 0.762. The van der Waals surface area contributed by atoms with E-state index < -0.39 is 11.9 Å². The normalized spacial score (nSPS) is 10.2. The fourth-order valence-electron chi connectivity index (χ4n) is 1.64. The predicted molar refractivity (Wildman–Crippen MR) is 68.1 cm³/mol. The van der Waals surface area contributed by atoms with Crippen LogP contribution in [0.15, 0.2) is 36.5 Å². The summed E-state index contributed by atoms with van der Waals surface area (Å²) in [5, 5.41) is 15.8. The molecule has 0 aliphatic rings. The van der Waals surface area contributed by atoms with Gasteiger partial charge in [0.15, 0.2) is 5.69 Å². The van der Waals surface area contributed by atoms with Crippen molar-refractivity contribution in [2.45, 2.75) is 13.0 Å². The zero-order valence-electron chi connectivity index (χ0n) is 10.6. The molecule has 2 rings (SSSR count). The Morgan fingerprint density at radius 3 is 2.70 bits per heavy atom. The van der Waals surface area contributed by atoms with Crippen LogP contribution in [0, 0.1) is 0 Å². The number of aromatic carboxylic acids is 1. The van der Waals surface area contributed by atoms with E-state index in [4.69, 9.17) is 9.84 Å². The number of esters is 1. The van der Waals surface area contributed by atoms with Crippen molar-refractivity contribution >= 4 is 11.9 Å². The van der Waals surface area contributed by atoms with Crippen molar-refractivity contribution in [1.82, 2.24) is 15.0 Å². The first kappa shape index (κ1) is 13.7. The molecule has 7 nitrogen and oxygen atoms in total. The van der Waals surface area contributed by atoms with Gasteiger partial charge in [0.1, 0.15) is 6.54 Å². The summed E-state index contributed by atoms with van der Waals surface area (Å²) in [6.07, 6.45) is 1.69. The molecule has 1 heterocycles. The van der Waals surface area contributed by atoms with Crippen LogP contribution in [-0.4, -0.2) is 38.6 Å². The lowest BCUT2D eigenvalue weighted by molar-refractivity contribution is -0.144. The number of nitrogens with zero attached hydrogens (tertiary/aromatic N) is 3. The van der Waals surface area contributed by atoms with Gasteiger partial charge in [-0.2, -0.15) is 0 Å². The number of aromatic nitrogens is 3. The Balaban J connectivity index is 1.81. The summed E-state index contributed by atoms with van der Waals surface area (Å²) in [5.41, 5.74) is 0.914. The number of carboxylic acids is 1. The largest absolute Gasteiger partial charge is 0.476 e. The minimum absolute atomic E-state index is 0.148. The summed E-state index contributed by atoms with van der Waals surface area (Å²) >= 11 is 0. The number of hydrogen-bond donors (Lipinski definition) is 1. The smallest absolute Gasteiger partial charge is 0.355 e. The van der Waals surface area contributed by atoms with E-state index in [1.165, 1.54) is 0 Å². The SMILES string of the molecule is O=C(Cn1nncc1C(=O)O)OCCc1ccccc1. The molecule has 0 aliphatic carbocycles. The van der Waals surface area contributed by atoms with Gasteiger partial charge < -0.3 is 9.84 Å². The summed E-state index contributed by atoms with van der Waals surface area (Å²) in [4.78, 5) is 22.4. The van der Waals surface area contributed by atoms with E-state index in [9.17, 15) is 9.59 Å². The van der Waals surface area contributed by atoms with Crippen molar-refractivity contribution < 1.29 is 19.4 Å². The molecular weight excluding hydrogens is 262 g/mol. The number of carboxylic acid groups (broad SMARTS) is 1. The van der Waals surface area contributed by atoms with Crippen LogP contribution in [0.5, 0.6) is 0 Å². The maximum atomic E-state index is 11.6. The standard InChI is InChI=1S/C13H13N3O4/c17-12(9-16-11(13(18)19)8-14-15-16)20-7-6-10-4-2-1-3-5-10/h1-5,8H,6-7,9H2,(H,18,19). The summed E-state index contributed by atoms with van der Waals surface area (Å²) < 4.78 is 6.03. The first-order chi connectivity index (χ1) is 9.66. The Kier molecular flexibility index (Phi) is 4.43. The Bertz CT molecular complexity index is 595. The molecule has 0 spiro atoms. The highest BCUT2D eigenvalue weighted by atomic mass is 16.5. The van der Waals surface area contributed by atoms with Gasteiger partial charge in [-0.1, -0.05) is 35.5 Å². The fraction of sp³-hybridized carbons (Fsp3) is 0.231. The van der Waals surface area contributed by atoms with E-state index in [0.29, 0.717) is 6.42 Å². The maximum Gasteiger partial charge on any atom is 0.355 e. The molecule has 1 aromatic heterocycles. The molecule has 0 saturated carbocycles. The van der Waals surface area contributed by atoms with E-state index in [1.54, 1.807) is 0 Å². The van der Waals surface area contributed by atoms with Crippen molar-refractivity contribution in [3.8, 4) is 0 Å². The average Bonchev–Trinajstić information content (AvgIpc) is 2.88. The quantitative estimate of drug-likeness (QED) is 0.782. The fourth-order valence-corrected chi connectivity index (χ4v) is 1.64. The van der Waals surface area contributed by atoms with Crippen LogP contribution in [0.3, 0.4) is 0 Å². The Labute approximate surface area is 114 Å². The highest BCUT2D eigenvalue weighted by Gasteiger charge is 2.14. The molecule has 104 valence electrons. The molecular formula is C13H13N3O4. The van der Waals surface area contributed by atoms with Crippen LogP contribution in [0.4, 0.5) is 0 Å². The zero-order valence-corrected chi connectivity index (χ0v) is 10.6. The van der Waals surface area contributed by atoms with Crippen molar-refractivity contribution in [2.24, 2.45) is 0 Å². The highest BCUT2D eigenvalue weighted by molar-refractivity contribution is 5.85. The van der Waals surface area contributed by atoms with E-state index in [0.717, 1.165) is 16.4 Å². The second-order valence-corrected chi connectivity index (χ2v) is 4.04. The number of hydrogen-bond acceptors (Lipinski definition) is 5. The molecule has 0 amide bonds. The summed E-state index contributed by atoms with van der Waals surface area (Å²) in [6.45, 7) is -0.0314. The van der Waals surface area contributed by atoms with Crippen LogP contribution in [0.1, 0.15) is 16.1 Å². The molecule has 0 fully saturated rings. The second kappa shape index (κ2) is 6.46. The zero-order chi connectivity index (χ0) is 14.4. The van der Waals surface area contributed by atoms with Crippen LogP contribution >= 0.6 is 0 Å². The maximum absolute atomic E-state index is 11.6. The lowest BCUT2D eigenvalue weighted by Gasteiger charge is -2.05. The minimum Gasteiger partial charge on any atom is -0.476 e. The lowest BCUT2D eigenvalue weighted by Crippen LogP contribution is -2.19. The molecule has 0 saturated heterocycles. The van der Waals surface area contributed by atoms with Gasteiger partial charge in [-0.15, -0.1) is 5.10 Å². The number of carbonyl (C=O) groups excluding carboxylic acids is 1. The molecule has 0 aliphatic heterocycles. The number of carbonyl (C=O) groups is 2. The van der Waals surface area contributed by atoms with E-state index in [-0.39, 0.29) is 18.8 Å². The monoisotopic (exact) mass is 275 g/mol. The molecule has 1 aromatic carbocycles. The van der Waals surface area contributed by atoms with Crippen LogP contribution in [0.25, 0.3) is 0 Å². The molecule has 1 N–H and O–H groups in total. The third kappa shape index (κ3) is 3.64. The molecule has 0 radical (unpaired) electrons. The van der Waals surface area contributed by atoms with Crippen molar-refractivity contribution in [1.29, 1.82) is 0 Å². The van der Waals surface area contributed by atoms with Gasteiger partial charge in [0, 0.05) is 6.42 Å². The minimum atomic E-state index is -1.19. The molecule has 0 atom stereocenters. The van der Waals surface area contributed by atoms with E-state index in [1.807, 2.05) is 30.3 Å². The first-order valence-corrected chi connectivity index (χ1v) is 5.98. The first-order valence-electron chi connectivity index (χ1n) is 5.98. The molecule has 0 unspecified atom stereocenters. The summed E-state index contributed by atoms with van der Waals surface area (Å²) in [6, 6.07) is 9.60. The topological polar surface area (TPSA) is 94.3 Å². The third-order valence-electron chi connectivity index (χ3n) is 2.61. The van der Waals surface area contributed by atoms with Gasteiger partial charge in [0.05, 0.1) is 12.8 Å². The molecule has 0 bridgehead atoms. The van der Waals surface area contributed by atoms with Gasteiger partial charge in [0.2, 0.25) is 0 Å². The van der Waals surface area contributed by atoms with Gasteiger partial charge in [-0.25, -0.2) is 9.48 Å². The van der Waals surface area contributed by atoms with Crippen molar-refractivity contribution in [3.05, 3.63) is 47.8 Å². The Morgan fingerprint density at radius 1 is 1.25 bits per heavy atom. The van der Waals surface area contributed by atoms with Crippen molar-refractivity contribution in [2.75, 3.05) is 6.61 Å². The lowest BCUT2D eigenvalue weighted by atomic mass is 10.2.